The fraction of sp³-hybridized carbons (Fsp3) is 0.611. The van der Waals surface area contributed by atoms with Crippen molar-refractivity contribution in [2.75, 3.05) is 5.32 Å². The summed E-state index contributed by atoms with van der Waals surface area (Å²) in [6.45, 7) is 4.14. The first-order chi connectivity index (χ1) is 10.6. The van der Waals surface area contributed by atoms with Crippen LogP contribution in [-0.4, -0.2) is 11.2 Å². The maximum absolute atomic E-state index is 12.7. The molecule has 2 nitrogen and oxygen atoms in total. The summed E-state index contributed by atoms with van der Waals surface area (Å²) in [4.78, 5) is 0. The molecule has 1 aliphatic rings. The van der Waals surface area contributed by atoms with E-state index in [2.05, 4.69) is 24.5 Å². The van der Waals surface area contributed by atoms with Crippen LogP contribution in [0.3, 0.4) is 0 Å². The lowest BCUT2D eigenvalue weighted by Gasteiger charge is -2.31. The molecular formula is C18H27FN2S. The van der Waals surface area contributed by atoms with Crippen LogP contribution in [0.2, 0.25) is 0 Å². The average molecular weight is 322 g/mol. The Morgan fingerprint density at radius 2 is 2.18 bits per heavy atom. The molecule has 1 aromatic rings. The van der Waals surface area contributed by atoms with E-state index in [9.17, 15) is 4.39 Å². The molecule has 0 bridgehead atoms. The van der Waals surface area contributed by atoms with Crippen LogP contribution in [-0.2, 0) is 6.67 Å². The Kier molecular flexibility index (Phi) is 6.62. The first-order valence-electron chi connectivity index (χ1n) is 8.29. The molecule has 0 radical (unpaired) electrons. The van der Waals surface area contributed by atoms with Gasteiger partial charge in [-0.3, -0.25) is 0 Å². The number of hydrogen-bond donors (Lipinski definition) is 2. The van der Waals surface area contributed by atoms with Crippen LogP contribution in [0.1, 0.15) is 51.5 Å². The molecule has 0 aliphatic heterocycles. The van der Waals surface area contributed by atoms with E-state index in [0.717, 1.165) is 17.5 Å². The number of alkyl halides is 1. The minimum atomic E-state index is -0.449. The van der Waals surface area contributed by atoms with E-state index in [1.807, 2.05) is 12.1 Å². The fourth-order valence-corrected chi connectivity index (χ4v) is 3.67. The van der Waals surface area contributed by atoms with Gasteiger partial charge in [-0.1, -0.05) is 38.8 Å². The van der Waals surface area contributed by atoms with Gasteiger partial charge in [0.15, 0.2) is 5.11 Å². The van der Waals surface area contributed by atoms with Gasteiger partial charge in [0.1, 0.15) is 6.67 Å². The molecule has 0 spiro atoms. The average Bonchev–Trinajstić information content (AvgIpc) is 2.47. The molecule has 2 unspecified atom stereocenters. The zero-order valence-electron chi connectivity index (χ0n) is 13.6. The van der Waals surface area contributed by atoms with Crippen LogP contribution in [0.15, 0.2) is 24.3 Å². The van der Waals surface area contributed by atoms with E-state index in [1.165, 1.54) is 32.1 Å². The lowest BCUT2D eigenvalue weighted by atomic mass is 9.81. The summed E-state index contributed by atoms with van der Waals surface area (Å²) in [5.41, 5.74) is 1.52. The minimum absolute atomic E-state index is 0.449. The van der Waals surface area contributed by atoms with Crippen molar-refractivity contribution >= 4 is 23.0 Å². The normalized spacial score (nSPS) is 21.6. The topological polar surface area (TPSA) is 24.1 Å². The number of hydrogen-bond acceptors (Lipinski definition) is 1. The van der Waals surface area contributed by atoms with Gasteiger partial charge in [-0.05, 0) is 61.0 Å². The summed E-state index contributed by atoms with van der Waals surface area (Å²) < 4.78 is 12.7. The summed E-state index contributed by atoms with van der Waals surface area (Å²) in [5, 5.41) is 7.25. The van der Waals surface area contributed by atoms with Crippen molar-refractivity contribution in [1.29, 1.82) is 0 Å². The Morgan fingerprint density at radius 3 is 2.91 bits per heavy atom. The lowest BCUT2D eigenvalue weighted by Crippen LogP contribution is -2.40. The predicted octanol–water partition coefficient (Wildman–Crippen LogP) is 5.05. The Hall–Kier alpha value is -1.16. The van der Waals surface area contributed by atoms with Crippen molar-refractivity contribution in [1.82, 2.24) is 5.32 Å². The van der Waals surface area contributed by atoms with E-state index in [-0.39, 0.29) is 0 Å². The second-order valence-electron chi connectivity index (χ2n) is 6.79. The predicted molar refractivity (Wildman–Crippen MR) is 95.8 cm³/mol. The number of rotatable bonds is 5. The van der Waals surface area contributed by atoms with Crippen molar-refractivity contribution in [2.24, 2.45) is 11.8 Å². The van der Waals surface area contributed by atoms with Gasteiger partial charge < -0.3 is 10.6 Å². The molecule has 0 aromatic heterocycles. The molecule has 1 aliphatic carbocycles. The van der Waals surface area contributed by atoms with Gasteiger partial charge in [0.2, 0.25) is 0 Å². The summed E-state index contributed by atoms with van der Waals surface area (Å²) in [5.74, 6) is 1.57. The highest BCUT2D eigenvalue weighted by Crippen LogP contribution is 2.29. The van der Waals surface area contributed by atoms with Crippen molar-refractivity contribution in [3.8, 4) is 0 Å². The summed E-state index contributed by atoms with van der Waals surface area (Å²) in [6.07, 6.45) is 6.30. The number of thiocarbonyl (C=S) groups is 1. The molecule has 1 saturated carbocycles. The van der Waals surface area contributed by atoms with Crippen LogP contribution in [0, 0.1) is 11.8 Å². The summed E-state index contributed by atoms with van der Waals surface area (Å²) in [7, 11) is 0. The van der Waals surface area contributed by atoms with Gasteiger partial charge in [-0.2, -0.15) is 0 Å². The maximum Gasteiger partial charge on any atom is 0.170 e. The Morgan fingerprint density at radius 1 is 1.36 bits per heavy atom. The smallest absolute Gasteiger partial charge is 0.170 e. The molecule has 22 heavy (non-hydrogen) atoms. The fourth-order valence-electron chi connectivity index (χ4n) is 3.39. The van der Waals surface area contributed by atoms with Gasteiger partial charge >= 0.3 is 0 Å². The molecule has 2 rings (SSSR count). The Labute approximate surface area is 138 Å². The van der Waals surface area contributed by atoms with Crippen molar-refractivity contribution in [3.63, 3.8) is 0 Å². The Bertz CT molecular complexity index is 490. The minimum Gasteiger partial charge on any atom is -0.360 e. The van der Waals surface area contributed by atoms with Gasteiger partial charge in [0, 0.05) is 11.7 Å². The molecule has 2 N–H and O–H groups in total. The van der Waals surface area contributed by atoms with Crippen LogP contribution in [0.4, 0.5) is 10.1 Å². The third kappa shape index (κ3) is 5.56. The van der Waals surface area contributed by atoms with E-state index >= 15 is 0 Å². The summed E-state index contributed by atoms with van der Waals surface area (Å²) in [6, 6.07) is 7.80. The molecule has 0 amide bonds. The number of halogens is 1. The molecular weight excluding hydrogens is 295 g/mol. The molecule has 2 atom stereocenters. The standard InChI is InChI=1S/C18H27FN2S/c1-13(2)9-14-5-3-7-16(10-14)20-18(22)21-17-8-4-6-15(11-17)12-19/h4,6,8,11,13-14,16H,3,5,7,9-10,12H2,1-2H3,(H2,20,21,22). The third-order valence-electron chi connectivity index (χ3n) is 4.26. The molecule has 1 fully saturated rings. The summed E-state index contributed by atoms with van der Waals surface area (Å²) >= 11 is 5.41. The molecule has 0 heterocycles. The van der Waals surface area contributed by atoms with E-state index in [0.29, 0.717) is 16.7 Å². The van der Waals surface area contributed by atoms with Gasteiger partial charge in [-0.15, -0.1) is 0 Å². The van der Waals surface area contributed by atoms with Crippen molar-refractivity contribution in [3.05, 3.63) is 29.8 Å². The van der Waals surface area contributed by atoms with Crippen LogP contribution in [0.5, 0.6) is 0 Å². The molecule has 1 aromatic carbocycles. The quantitative estimate of drug-likeness (QED) is 0.742. The number of nitrogens with one attached hydrogen (secondary N) is 2. The molecule has 0 saturated heterocycles. The zero-order valence-corrected chi connectivity index (χ0v) is 14.4. The molecule has 122 valence electrons. The second kappa shape index (κ2) is 8.47. The third-order valence-corrected chi connectivity index (χ3v) is 4.48. The van der Waals surface area contributed by atoms with Crippen LogP contribution >= 0.6 is 12.2 Å². The largest absolute Gasteiger partial charge is 0.360 e. The highest BCUT2D eigenvalue weighted by Gasteiger charge is 2.23. The van der Waals surface area contributed by atoms with Gasteiger partial charge in [-0.25, -0.2) is 4.39 Å². The first kappa shape index (κ1) is 17.2. The van der Waals surface area contributed by atoms with Gasteiger partial charge in [0.05, 0.1) is 0 Å². The SMILES string of the molecule is CC(C)CC1CCCC(NC(=S)Nc2cccc(CF)c2)C1. The van der Waals surface area contributed by atoms with Crippen molar-refractivity contribution < 1.29 is 4.39 Å². The van der Waals surface area contributed by atoms with Crippen LogP contribution in [0.25, 0.3) is 0 Å². The highest BCUT2D eigenvalue weighted by atomic mass is 32.1. The van der Waals surface area contributed by atoms with E-state index < -0.39 is 6.67 Å². The van der Waals surface area contributed by atoms with Gasteiger partial charge in [0.25, 0.3) is 0 Å². The second-order valence-corrected chi connectivity index (χ2v) is 7.20. The lowest BCUT2D eigenvalue weighted by molar-refractivity contribution is 0.268. The number of anilines is 1. The Balaban J connectivity index is 1.83. The van der Waals surface area contributed by atoms with Crippen LogP contribution < -0.4 is 10.6 Å². The molecule has 4 heteroatoms. The van der Waals surface area contributed by atoms with E-state index in [4.69, 9.17) is 12.2 Å². The maximum atomic E-state index is 12.7. The van der Waals surface area contributed by atoms with Crippen molar-refractivity contribution in [2.45, 2.75) is 58.7 Å². The first-order valence-corrected chi connectivity index (χ1v) is 8.70. The monoisotopic (exact) mass is 322 g/mol. The van der Waals surface area contributed by atoms with E-state index in [1.54, 1.807) is 12.1 Å². The number of benzene rings is 1. The highest BCUT2D eigenvalue weighted by molar-refractivity contribution is 7.80. The zero-order chi connectivity index (χ0) is 15.9.